The van der Waals surface area contributed by atoms with E-state index in [4.69, 9.17) is 58.0 Å². The zero-order valence-electron chi connectivity index (χ0n) is 15.7. The van der Waals surface area contributed by atoms with Crippen LogP contribution in [-0.4, -0.2) is 21.7 Å². The monoisotopic (exact) mass is 504 g/mol. The van der Waals surface area contributed by atoms with Gasteiger partial charge in [-0.2, -0.15) is 0 Å². The van der Waals surface area contributed by atoms with E-state index in [0.29, 0.717) is 31.9 Å². The minimum atomic E-state index is -1.29. The first kappa shape index (κ1) is 22.0. The number of anilines is 1. The Morgan fingerprint density at radius 2 is 1.63 bits per heavy atom. The summed E-state index contributed by atoms with van der Waals surface area (Å²) in [5, 5.41) is 6.90. The third-order valence-electron chi connectivity index (χ3n) is 5.47. The summed E-state index contributed by atoms with van der Waals surface area (Å²) in [7, 11) is 0. The first-order valence-corrected chi connectivity index (χ1v) is 11.2. The predicted molar refractivity (Wildman–Crippen MR) is 122 cm³/mol. The number of carbonyl (C=O) groups excluding carboxylic acids is 2. The standard InChI is InChI=1S/C21H17Cl5N2O2/c1-20(4-5-20)28-18(29)14-9-13(2-3-15(14)24)27-19(30)17-16(21(17,25)26)10-6-11(22)8-12(23)7-10/h2-3,6-9,16-17H,4-5H2,1H3,(H,27,30)(H,28,29)/t16-,17+/m1/s1. The van der Waals surface area contributed by atoms with Gasteiger partial charge in [-0.1, -0.05) is 34.8 Å². The third kappa shape index (κ3) is 4.39. The molecule has 2 fully saturated rings. The van der Waals surface area contributed by atoms with Crippen molar-refractivity contribution in [2.24, 2.45) is 5.92 Å². The topological polar surface area (TPSA) is 58.2 Å². The maximum Gasteiger partial charge on any atom is 0.253 e. The quantitative estimate of drug-likeness (QED) is 0.458. The van der Waals surface area contributed by atoms with Crippen LogP contribution in [0.1, 0.15) is 41.6 Å². The number of nitrogens with one attached hydrogen (secondary N) is 2. The maximum absolute atomic E-state index is 12.9. The molecule has 0 heterocycles. The largest absolute Gasteiger partial charge is 0.347 e. The molecule has 2 N–H and O–H groups in total. The molecule has 0 bridgehead atoms. The summed E-state index contributed by atoms with van der Waals surface area (Å²) in [5.41, 5.74) is 1.22. The second kappa shape index (κ2) is 7.75. The molecule has 30 heavy (non-hydrogen) atoms. The van der Waals surface area contributed by atoms with Gasteiger partial charge in [-0.15, -0.1) is 23.2 Å². The van der Waals surface area contributed by atoms with Gasteiger partial charge in [0, 0.05) is 27.2 Å². The number of hydrogen-bond donors (Lipinski definition) is 2. The number of rotatable bonds is 5. The lowest BCUT2D eigenvalue weighted by molar-refractivity contribution is -0.117. The Bertz CT molecular complexity index is 1030. The van der Waals surface area contributed by atoms with Crippen molar-refractivity contribution in [3.63, 3.8) is 0 Å². The first-order chi connectivity index (χ1) is 14.0. The molecule has 2 amide bonds. The average molecular weight is 507 g/mol. The number of hydrogen-bond acceptors (Lipinski definition) is 2. The highest BCUT2D eigenvalue weighted by Crippen LogP contribution is 2.65. The van der Waals surface area contributed by atoms with E-state index in [1.54, 1.807) is 36.4 Å². The van der Waals surface area contributed by atoms with Gasteiger partial charge in [0.15, 0.2) is 0 Å². The molecule has 0 saturated heterocycles. The van der Waals surface area contributed by atoms with Crippen LogP contribution in [0.4, 0.5) is 5.69 Å². The van der Waals surface area contributed by atoms with Crippen molar-refractivity contribution >= 4 is 75.5 Å². The average Bonchev–Trinajstić information content (AvgIpc) is 3.50. The van der Waals surface area contributed by atoms with E-state index in [9.17, 15) is 9.59 Å². The minimum absolute atomic E-state index is 0.185. The molecule has 0 aromatic heterocycles. The molecule has 0 aliphatic heterocycles. The van der Waals surface area contributed by atoms with E-state index < -0.39 is 16.2 Å². The Balaban J connectivity index is 1.51. The molecule has 0 unspecified atom stereocenters. The van der Waals surface area contributed by atoms with Gasteiger partial charge in [0.1, 0.15) is 4.33 Å². The molecule has 4 nitrogen and oxygen atoms in total. The zero-order valence-corrected chi connectivity index (χ0v) is 19.5. The van der Waals surface area contributed by atoms with Gasteiger partial charge in [-0.05, 0) is 61.7 Å². The lowest BCUT2D eigenvalue weighted by atomic mass is 10.1. The normalized spacial score (nSPS) is 22.9. The van der Waals surface area contributed by atoms with E-state index in [0.717, 1.165) is 12.8 Å². The Hall–Kier alpha value is -1.17. The van der Waals surface area contributed by atoms with Crippen molar-refractivity contribution in [2.45, 2.75) is 35.6 Å². The fourth-order valence-corrected chi connectivity index (χ4v) is 5.05. The molecule has 2 aliphatic carbocycles. The van der Waals surface area contributed by atoms with Crippen LogP contribution in [0.2, 0.25) is 15.1 Å². The third-order valence-corrected chi connectivity index (χ3v) is 7.18. The van der Waals surface area contributed by atoms with Gasteiger partial charge < -0.3 is 10.6 Å². The van der Waals surface area contributed by atoms with Crippen molar-refractivity contribution in [3.8, 4) is 0 Å². The van der Waals surface area contributed by atoms with Crippen molar-refractivity contribution in [1.29, 1.82) is 0 Å². The summed E-state index contributed by atoms with van der Waals surface area (Å²) < 4.78 is -1.29. The fraction of sp³-hybridized carbons (Fsp3) is 0.333. The molecule has 0 radical (unpaired) electrons. The van der Waals surface area contributed by atoms with Crippen LogP contribution >= 0.6 is 58.0 Å². The lowest BCUT2D eigenvalue weighted by Gasteiger charge is -2.13. The smallest absolute Gasteiger partial charge is 0.253 e. The molecule has 2 saturated carbocycles. The summed E-state index contributed by atoms with van der Waals surface area (Å²) in [6.45, 7) is 1.97. The van der Waals surface area contributed by atoms with Gasteiger partial charge >= 0.3 is 0 Å². The Morgan fingerprint density at radius 1 is 1.00 bits per heavy atom. The lowest BCUT2D eigenvalue weighted by Crippen LogP contribution is -2.34. The van der Waals surface area contributed by atoms with Gasteiger partial charge in [-0.3, -0.25) is 9.59 Å². The Labute approximate surface area is 199 Å². The highest BCUT2D eigenvalue weighted by molar-refractivity contribution is 6.53. The fourth-order valence-electron chi connectivity index (χ4n) is 3.47. The number of carbonyl (C=O) groups is 2. The van der Waals surface area contributed by atoms with Crippen molar-refractivity contribution < 1.29 is 9.59 Å². The van der Waals surface area contributed by atoms with Crippen LogP contribution in [-0.2, 0) is 4.79 Å². The van der Waals surface area contributed by atoms with Gasteiger partial charge in [0.25, 0.3) is 5.91 Å². The second-order valence-corrected chi connectivity index (χ2v) is 10.8. The summed E-state index contributed by atoms with van der Waals surface area (Å²) in [6, 6.07) is 9.70. The van der Waals surface area contributed by atoms with Gasteiger partial charge in [0.2, 0.25) is 5.91 Å². The van der Waals surface area contributed by atoms with Crippen LogP contribution in [0.5, 0.6) is 0 Å². The molecule has 4 rings (SSSR count). The SMILES string of the molecule is CC1(NC(=O)c2cc(NC(=O)[C@@H]3[C@@H](c4cc(Cl)cc(Cl)c4)C3(Cl)Cl)ccc2Cl)CC1. The number of amides is 2. The van der Waals surface area contributed by atoms with Crippen LogP contribution in [0, 0.1) is 5.92 Å². The summed E-state index contributed by atoms with van der Waals surface area (Å²) in [5.74, 6) is -1.81. The molecular weight excluding hydrogens is 490 g/mol. The predicted octanol–water partition coefficient (Wildman–Crippen LogP) is 6.46. The maximum atomic E-state index is 12.9. The molecular formula is C21H17Cl5N2O2. The van der Waals surface area contributed by atoms with Crippen LogP contribution in [0.3, 0.4) is 0 Å². The van der Waals surface area contributed by atoms with Crippen LogP contribution in [0.25, 0.3) is 0 Å². The Kier molecular flexibility index (Phi) is 5.70. The molecule has 0 spiro atoms. The molecule has 9 heteroatoms. The molecule has 158 valence electrons. The minimum Gasteiger partial charge on any atom is -0.347 e. The highest BCUT2D eigenvalue weighted by Gasteiger charge is 2.67. The summed E-state index contributed by atoms with van der Waals surface area (Å²) in [4.78, 5) is 25.4. The molecule has 2 atom stereocenters. The van der Waals surface area contributed by atoms with Crippen LogP contribution in [0.15, 0.2) is 36.4 Å². The summed E-state index contributed by atoms with van der Waals surface area (Å²) in [6.07, 6.45) is 1.85. The van der Waals surface area contributed by atoms with Gasteiger partial charge in [-0.25, -0.2) is 0 Å². The molecule has 2 aromatic carbocycles. The highest BCUT2D eigenvalue weighted by atomic mass is 35.5. The van der Waals surface area contributed by atoms with E-state index in [1.807, 2.05) is 6.92 Å². The van der Waals surface area contributed by atoms with E-state index in [2.05, 4.69) is 10.6 Å². The van der Waals surface area contributed by atoms with Crippen molar-refractivity contribution in [1.82, 2.24) is 5.32 Å². The van der Waals surface area contributed by atoms with Crippen LogP contribution < -0.4 is 10.6 Å². The zero-order chi connectivity index (χ0) is 21.8. The van der Waals surface area contributed by atoms with E-state index >= 15 is 0 Å². The molecule has 2 aromatic rings. The first-order valence-electron chi connectivity index (χ1n) is 9.27. The van der Waals surface area contributed by atoms with Gasteiger partial charge in [0.05, 0.1) is 16.5 Å². The van der Waals surface area contributed by atoms with E-state index in [-0.39, 0.29) is 17.4 Å². The summed E-state index contributed by atoms with van der Waals surface area (Å²) >= 11 is 31.1. The number of halogens is 5. The second-order valence-electron chi connectivity index (χ2n) is 8.03. The van der Waals surface area contributed by atoms with Crippen molar-refractivity contribution in [3.05, 3.63) is 62.6 Å². The van der Waals surface area contributed by atoms with Crippen molar-refractivity contribution in [2.75, 3.05) is 5.32 Å². The number of benzene rings is 2. The molecule has 2 aliphatic rings. The Morgan fingerprint density at radius 3 is 2.23 bits per heavy atom. The van der Waals surface area contributed by atoms with E-state index in [1.165, 1.54) is 0 Å². The number of alkyl halides is 2.